The van der Waals surface area contributed by atoms with Gasteiger partial charge in [-0.05, 0) is 24.1 Å². The lowest BCUT2D eigenvalue weighted by molar-refractivity contribution is -0.130. The van der Waals surface area contributed by atoms with Crippen LogP contribution in [0.25, 0.3) is 21.3 Å². The van der Waals surface area contributed by atoms with Crippen molar-refractivity contribution in [1.29, 1.82) is 0 Å². The van der Waals surface area contributed by atoms with Crippen LogP contribution in [0.3, 0.4) is 0 Å². The largest absolute Gasteiger partial charge is 0.344 e. The van der Waals surface area contributed by atoms with Crippen molar-refractivity contribution in [2.45, 2.75) is 26.3 Å². The molecule has 26 heavy (non-hydrogen) atoms. The van der Waals surface area contributed by atoms with Crippen molar-refractivity contribution in [1.82, 2.24) is 14.5 Å². The molecule has 0 N–H and O–H groups in total. The van der Waals surface area contributed by atoms with Gasteiger partial charge in [-0.25, -0.2) is 9.37 Å². The second kappa shape index (κ2) is 7.78. The molecule has 136 valence electrons. The molecule has 0 aliphatic heterocycles. The second-order valence-electron chi connectivity index (χ2n) is 6.18. The molecule has 0 saturated heterocycles. The molecule has 0 bridgehead atoms. The van der Waals surface area contributed by atoms with E-state index in [0.717, 1.165) is 18.4 Å². The fourth-order valence-electron chi connectivity index (χ4n) is 2.71. The van der Waals surface area contributed by atoms with Crippen LogP contribution >= 0.6 is 11.3 Å². The minimum atomic E-state index is -0.329. The van der Waals surface area contributed by atoms with Crippen LogP contribution in [0.4, 0.5) is 4.39 Å². The maximum Gasteiger partial charge on any atom is 0.263 e. The molecule has 0 radical (unpaired) electrons. The summed E-state index contributed by atoms with van der Waals surface area (Å²) in [6.07, 6.45) is 3.34. The molecule has 2 heterocycles. The van der Waals surface area contributed by atoms with Crippen LogP contribution in [0.5, 0.6) is 0 Å². The number of carbonyl (C=O) groups is 1. The van der Waals surface area contributed by atoms with Crippen LogP contribution in [0, 0.1) is 5.82 Å². The highest BCUT2D eigenvalue weighted by atomic mass is 32.1. The topological polar surface area (TPSA) is 55.2 Å². The van der Waals surface area contributed by atoms with E-state index >= 15 is 0 Å². The molecular formula is C19H20FN3O2S. The Morgan fingerprint density at radius 1 is 1.31 bits per heavy atom. The summed E-state index contributed by atoms with van der Waals surface area (Å²) in [5.41, 5.74) is 1.21. The first-order chi connectivity index (χ1) is 12.5. The predicted molar refractivity (Wildman–Crippen MR) is 102 cm³/mol. The minimum Gasteiger partial charge on any atom is -0.344 e. The highest BCUT2D eigenvalue weighted by molar-refractivity contribution is 7.17. The van der Waals surface area contributed by atoms with Crippen molar-refractivity contribution in [3.63, 3.8) is 0 Å². The summed E-state index contributed by atoms with van der Waals surface area (Å²) < 4.78 is 14.5. The van der Waals surface area contributed by atoms with Gasteiger partial charge in [-0.3, -0.25) is 14.2 Å². The van der Waals surface area contributed by atoms with E-state index in [0.29, 0.717) is 22.3 Å². The van der Waals surface area contributed by atoms with E-state index < -0.39 is 0 Å². The molecular weight excluding hydrogens is 353 g/mol. The number of hydrogen-bond donors (Lipinski definition) is 0. The molecule has 0 saturated carbocycles. The van der Waals surface area contributed by atoms with Crippen LogP contribution in [-0.2, 0) is 11.3 Å². The predicted octanol–water partition coefficient (Wildman–Crippen LogP) is 3.52. The number of halogens is 1. The molecule has 0 atom stereocenters. The first-order valence-electron chi connectivity index (χ1n) is 8.47. The molecule has 0 fully saturated rings. The van der Waals surface area contributed by atoms with Gasteiger partial charge in [0.05, 0.1) is 11.7 Å². The number of aromatic nitrogens is 2. The average molecular weight is 373 g/mol. The number of fused-ring (bicyclic) bond motifs is 1. The van der Waals surface area contributed by atoms with Crippen LogP contribution in [0.2, 0.25) is 0 Å². The van der Waals surface area contributed by atoms with E-state index in [1.54, 1.807) is 24.1 Å². The van der Waals surface area contributed by atoms with Crippen molar-refractivity contribution in [3.05, 3.63) is 52.1 Å². The number of likely N-dealkylation sites (N-methyl/N-ethyl adjacent to an activating group) is 1. The van der Waals surface area contributed by atoms with Gasteiger partial charge in [0.1, 0.15) is 17.2 Å². The lowest BCUT2D eigenvalue weighted by Gasteiger charge is -2.17. The van der Waals surface area contributed by atoms with Gasteiger partial charge < -0.3 is 4.90 Å². The van der Waals surface area contributed by atoms with Gasteiger partial charge >= 0.3 is 0 Å². The van der Waals surface area contributed by atoms with Gasteiger partial charge in [0, 0.05) is 24.5 Å². The second-order valence-corrected chi connectivity index (χ2v) is 7.04. The minimum absolute atomic E-state index is 0.0410. The SMILES string of the molecule is CCCCN(C)C(=O)Cn1cnc2scc(-c3ccc(F)cc3)c2c1=O. The Bertz CT molecular complexity index is 979. The number of unbranched alkanes of at least 4 members (excludes halogenated alkanes) is 1. The smallest absolute Gasteiger partial charge is 0.263 e. The Labute approximate surface area is 154 Å². The molecule has 3 aromatic rings. The van der Waals surface area contributed by atoms with Crippen molar-refractivity contribution in [2.75, 3.05) is 13.6 Å². The normalized spacial score (nSPS) is 11.0. The van der Waals surface area contributed by atoms with E-state index in [4.69, 9.17) is 0 Å². The van der Waals surface area contributed by atoms with Crippen molar-refractivity contribution < 1.29 is 9.18 Å². The van der Waals surface area contributed by atoms with Gasteiger partial charge in [0.25, 0.3) is 5.56 Å². The van der Waals surface area contributed by atoms with Gasteiger partial charge in [-0.2, -0.15) is 0 Å². The highest BCUT2D eigenvalue weighted by Crippen LogP contribution is 2.30. The van der Waals surface area contributed by atoms with Gasteiger partial charge in [-0.15, -0.1) is 11.3 Å². The first-order valence-corrected chi connectivity index (χ1v) is 9.35. The maximum absolute atomic E-state index is 13.2. The van der Waals surface area contributed by atoms with E-state index in [-0.39, 0.29) is 23.8 Å². The van der Waals surface area contributed by atoms with E-state index in [1.807, 2.05) is 5.38 Å². The van der Waals surface area contributed by atoms with Crippen molar-refractivity contribution in [3.8, 4) is 11.1 Å². The summed E-state index contributed by atoms with van der Waals surface area (Å²) in [4.78, 5) is 31.8. The average Bonchev–Trinajstić information content (AvgIpc) is 3.07. The Morgan fingerprint density at radius 2 is 2.04 bits per heavy atom. The number of benzene rings is 1. The molecule has 0 unspecified atom stereocenters. The molecule has 3 rings (SSSR count). The van der Waals surface area contributed by atoms with Gasteiger partial charge in [0.15, 0.2) is 0 Å². The molecule has 2 aromatic heterocycles. The fourth-order valence-corrected chi connectivity index (χ4v) is 3.62. The Hall–Kier alpha value is -2.54. The zero-order chi connectivity index (χ0) is 18.7. The summed E-state index contributed by atoms with van der Waals surface area (Å²) in [6.45, 7) is 2.69. The molecule has 5 nitrogen and oxygen atoms in total. The third-order valence-corrected chi connectivity index (χ3v) is 5.18. The Morgan fingerprint density at radius 3 is 2.73 bits per heavy atom. The molecule has 0 aliphatic rings. The molecule has 7 heteroatoms. The van der Waals surface area contributed by atoms with Crippen LogP contribution in [0.15, 0.2) is 40.8 Å². The molecule has 0 spiro atoms. The fraction of sp³-hybridized carbons (Fsp3) is 0.316. The summed E-state index contributed by atoms with van der Waals surface area (Å²) in [5.74, 6) is -0.454. The van der Waals surface area contributed by atoms with E-state index in [2.05, 4.69) is 11.9 Å². The standard InChI is InChI=1S/C19H20FN3O2S/c1-3-4-9-22(2)16(24)10-23-12-21-18-17(19(23)25)15(11-26-18)13-5-7-14(20)8-6-13/h5-8,11-12H,3-4,9-10H2,1-2H3. The lowest BCUT2D eigenvalue weighted by Crippen LogP contribution is -2.34. The van der Waals surface area contributed by atoms with Crippen LogP contribution in [0.1, 0.15) is 19.8 Å². The van der Waals surface area contributed by atoms with Crippen molar-refractivity contribution in [2.24, 2.45) is 0 Å². The zero-order valence-electron chi connectivity index (χ0n) is 14.7. The number of rotatable bonds is 6. The third kappa shape index (κ3) is 3.67. The van der Waals surface area contributed by atoms with E-state index in [9.17, 15) is 14.0 Å². The number of hydrogen-bond acceptors (Lipinski definition) is 4. The van der Waals surface area contributed by atoms with Gasteiger partial charge in [0.2, 0.25) is 5.91 Å². The first kappa shape index (κ1) is 18.3. The maximum atomic E-state index is 13.2. The summed E-state index contributed by atoms with van der Waals surface area (Å²) in [5, 5.41) is 2.30. The quantitative estimate of drug-likeness (QED) is 0.664. The Kier molecular flexibility index (Phi) is 5.46. The van der Waals surface area contributed by atoms with Crippen LogP contribution < -0.4 is 5.56 Å². The number of amides is 1. The van der Waals surface area contributed by atoms with Gasteiger partial charge in [-0.1, -0.05) is 25.5 Å². The third-order valence-electron chi connectivity index (χ3n) is 4.29. The monoisotopic (exact) mass is 373 g/mol. The summed E-state index contributed by atoms with van der Waals surface area (Å²) in [6, 6.07) is 5.99. The Balaban J connectivity index is 1.95. The van der Waals surface area contributed by atoms with Crippen LogP contribution in [-0.4, -0.2) is 34.0 Å². The molecule has 0 aliphatic carbocycles. The summed E-state index contributed by atoms with van der Waals surface area (Å²) >= 11 is 1.36. The lowest BCUT2D eigenvalue weighted by atomic mass is 10.1. The molecule has 1 amide bonds. The summed E-state index contributed by atoms with van der Waals surface area (Å²) in [7, 11) is 1.74. The number of carbonyl (C=O) groups excluding carboxylic acids is 1. The molecule has 1 aromatic carbocycles. The number of thiophene rings is 1. The number of nitrogens with zero attached hydrogens (tertiary/aromatic N) is 3. The van der Waals surface area contributed by atoms with E-state index in [1.165, 1.54) is 34.4 Å². The van der Waals surface area contributed by atoms with Crippen molar-refractivity contribution >= 4 is 27.5 Å². The highest BCUT2D eigenvalue weighted by Gasteiger charge is 2.16. The zero-order valence-corrected chi connectivity index (χ0v) is 15.6.